The molecule has 2 rings (SSSR count). The van der Waals surface area contributed by atoms with Gasteiger partial charge in [-0.1, -0.05) is 57.9 Å². The van der Waals surface area contributed by atoms with Crippen molar-refractivity contribution < 1.29 is 4.74 Å². The van der Waals surface area contributed by atoms with E-state index in [0.717, 1.165) is 12.2 Å². The summed E-state index contributed by atoms with van der Waals surface area (Å²) in [7, 11) is 1.69. The number of alkyl halides is 1. The quantitative estimate of drug-likeness (QED) is 0.745. The molecule has 0 amide bonds. The van der Waals surface area contributed by atoms with Crippen molar-refractivity contribution in [2.45, 2.75) is 18.2 Å². The number of rotatable bonds is 4. The van der Waals surface area contributed by atoms with E-state index >= 15 is 0 Å². The molecule has 0 aliphatic rings. The minimum absolute atomic E-state index is 0.353. The summed E-state index contributed by atoms with van der Waals surface area (Å²) in [6.07, 6.45) is 0.980. The van der Waals surface area contributed by atoms with Crippen LogP contribution in [0.15, 0.2) is 48.5 Å². The lowest BCUT2D eigenvalue weighted by Crippen LogP contribution is -1.96. The molecule has 1 atom stereocenters. The standard InChI is InChI=1S/C16H17BrO/c1-12-4-3-5-14(10-12)16(17)11-13-6-8-15(18-2)9-7-13/h3-10,16H,11H2,1-2H3. The fourth-order valence-corrected chi connectivity index (χ4v) is 2.61. The molecule has 94 valence electrons. The van der Waals surface area contributed by atoms with E-state index in [1.165, 1.54) is 16.7 Å². The highest BCUT2D eigenvalue weighted by molar-refractivity contribution is 9.09. The predicted molar refractivity (Wildman–Crippen MR) is 79.5 cm³/mol. The molecule has 0 spiro atoms. The van der Waals surface area contributed by atoms with Crippen LogP contribution in [0.2, 0.25) is 0 Å². The third kappa shape index (κ3) is 3.36. The summed E-state index contributed by atoms with van der Waals surface area (Å²) in [5.74, 6) is 0.903. The van der Waals surface area contributed by atoms with Crippen LogP contribution in [0.1, 0.15) is 21.5 Å². The molecule has 0 heterocycles. The van der Waals surface area contributed by atoms with E-state index < -0.39 is 0 Å². The van der Waals surface area contributed by atoms with Gasteiger partial charge in [0.25, 0.3) is 0 Å². The third-order valence-corrected chi connectivity index (χ3v) is 3.83. The molecule has 0 radical (unpaired) electrons. The van der Waals surface area contributed by atoms with Crippen LogP contribution >= 0.6 is 15.9 Å². The van der Waals surface area contributed by atoms with Crippen LogP contribution < -0.4 is 4.74 Å². The van der Waals surface area contributed by atoms with E-state index in [9.17, 15) is 0 Å². The second kappa shape index (κ2) is 6.05. The number of ether oxygens (including phenoxy) is 1. The molecular weight excluding hydrogens is 288 g/mol. The summed E-state index contributed by atoms with van der Waals surface area (Å²) in [5, 5.41) is 0. The smallest absolute Gasteiger partial charge is 0.118 e. The molecule has 0 fully saturated rings. The highest BCUT2D eigenvalue weighted by atomic mass is 79.9. The van der Waals surface area contributed by atoms with E-state index in [4.69, 9.17) is 4.74 Å². The van der Waals surface area contributed by atoms with Crippen LogP contribution in [0.25, 0.3) is 0 Å². The Bertz CT molecular complexity index is 505. The van der Waals surface area contributed by atoms with Gasteiger partial charge in [0.05, 0.1) is 7.11 Å². The first-order valence-electron chi connectivity index (χ1n) is 6.02. The number of methoxy groups -OCH3 is 1. The van der Waals surface area contributed by atoms with Gasteiger partial charge in [0.15, 0.2) is 0 Å². The first kappa shape index (κ1) is 13.2. The summed E-state index contributed by atoms with van der Waals surface area (Å²) in [5.41, 5.74) is 3.93. The Labute approximate surface area is 117 Å². The molecule has 18 heavy (non-hydrogen) atoms. The lowest BCUT2D eigenvalue weighted by Gasteiger charge is -2.11. The molecule has 1 unspecified atom stereocenters. The monoisotopic (exact) mass is 304 g/mol. The highest BCUT2D eigenvalue weighted by Gasteiger charge is 2.08. The van der Waals surface area contributed by atoms with Gasteiger partial charge in [-0.2, -0.15) is 0 Å². The van der Waals surface area contributed by atoms with E-state index in [-0.39, 0.29) is 0 Å². The second-order valence-corrected chi connectivity index (χ2v) is 5.54. The van der Waals surface area contributed by atoms with Crippen LogP contribution in [-0.2, 0) is 6.42 Å². The summed E-state index contributed by atoms with van der Waals surface area (Å²) < 4.78 is 5.16. The first-order valence-corrected chi connectivity index (χ1v) is 6.94. The molecule has 0 bridgehead atoms. The van der Waals surface area contributed by atoms with Crippen LogP contribution in [0.5, 0.6) is 5.75 Å². The Balaban J connectivity index is 2.08. The Kier molecular flexibility index (Phi) is 4.43. The van der Waals surface area contributed by atoms with Gasteiger partial charge in [-0.15, -0.1) is 0 Å². The number of hydrogen-bond acceptors (Lipinski definition) is 1. The largest absolute Gasteiger partial charge is 0.497 e. The summed E-state index contributed by atoms with van der Waals surface area (Å²) in [6, 6.07) is 16.9. The van der Waals surface area contributed by atoms with Gasteiger partial charge in [0, 0.05) is 4.83 Å². The third-order valence-electron chi connectivity index (χ3n) is 2.98. The van der Waals surface area contributed by atoms with E-state index in [2.05, 4.69) is 59.3 Å². The SMILES string of the molecule is COc1ccc(CC(Br)c2cccc(C)c2)cc1. The minimum Gasteiger partial charge on any atom is -0.497 e. The molecule has 0 N–H and O–H groups in total. The fourth-order valence-electron chi connectivity index (χ4n) is 1.95. The average Bonchev–Trinajstić information content (AvgIpc) is 2.39. The molecule has 2 aromatic rings. The van der Waals surface area contributed by atoms with Crippen LogP contribution in [-0.4, -0.2) is 7.11 Å². The molecule has 1 nitrogen and oxygen atoms in total. The Morgan fingerprint density at radius 1 is 1.11 bits per heavy atom. The number of hydrogen-bond donors (Lipinski definition) is 0. The first-order chi connectivity index (χ1) is 8.69. The predicted octanol–water partition coefficient (Wildman–Crippen LogP) is 4.68. The van der Waals surface area contributed by atoms with Crippen molar-refractivity contribution in [1.82, 2.24) is 0 Å². The fraction of sp³-hybridized carbons (Fsp3) is 0.250. The van der Waals surface area contributed by atoms with E-state index in [1.54, 1.807) is 7.11 Å². The molecule has 0 aliphatic carbocycles. The van der Waals surface area contributed by atoms with Crippen molar-refractivity contribution in [2.75, 3.05) is 7.11 Å². The van der Waals surface area contributed by atoms with Crippen molar-refractivity contribution in [3.63, 3.8) is 0 Å². The minimum atomic E-state index is 0.353. The molecule has 2 heteroatoms. The van der Waals surface area contributed by atoms with Gasteiger partial charge in [-0.05, 0) is 36.6 Å². The normalized spacial score (nSPS) is 12.2. The van der Waals surface area contributed by atoms with Crippen LogP contribution in [0.4, 0.5) is 0 Å². The maximum absolute atomic E-state index is 5.16. The zero-order valence-corrected chi connectivity index (χ0v) is 12.3. The summed E-state index contributed by atoms with van der Waals surface area (Å²) >= 11 is 3.76. The lowest BCUT2D eigenvalue weighted by atomic mass is 10.0. The number of benzene rings is 2. The zero-order valence-electron chi connectivity index (χ0n) is 10.7. The summed E-state index contributed by atoms with van der Waals surface area (Å²) in [6.45, 7) is 2.12. The molecule has 0 saturated carbocycles. The van der Waals surface area contributed by atoms with Crippen molar-refractivity contribution in [1.29, 1.82) is 0 Å². The number of aryl methyl sites for hydroxylation is 1. The van der Waals surface area contributed by atoms with Gasteiger partial charge in [-0.25, -0.2) is 0 Å². The van der Waals surface area contributed by atoms with Crippen LogP contribution in [0, 0.1) is 6.92 Å². The van der Waals surface area contributed by atoms with Gasteiger partial charge in [0.1, 0.15) is 5.75 Å². The molecule has 0 saturated heterocycles. The maximum Gasteiger partial charge on any atom is 0.118 e. The van der Waals surface area contributed by atoms with Gasteiger partial charge in [0.2, 0.25) is 0 Å². The zero-order chi connectivity index (χ0) is 13.0. The van der Waals surface area contributed by atoms with Gasteiger partial charge >= 0.3 is 0 Å². The highest BCUT2D eigenvalue weighted by Crippen LogP contribution is 2.28. The topological polar surface area (TPSA) is 9.23 Å². The Morgan fingerprint density at radius 3 is 2.44 bits per heavy atom. The number of halogens is 1. The van der Waals surface area contributed by atoms with Gasteiger partial charge < -0.3 is 4.74 Å². The van der Waals surface area contributed by atoms with Crippen molar-refractivity contribution in [3.05, 3.63) is 65.2 Å². The average molecular weight is 305 g/mol. The lowest BCUT2D eigenvalue weighted by molar-refractivity contribution is 0.414. The van der Waals surface area contributed by atoms with Crippen molar-refractivity contribution >= 4 is 15.9 Å². The molecule has 0 aromatic heterocycles. The Hall–Kier alpha value is -1.28. The Morgan fingerprint density at radius 2 is 1.83 bits per heavy atom. The van der Waals surface area contributed by atoms with Crippen molar-refractivity contribution in [3.8, 4) is 5.75 Å². The summed E-state index contributed by atoms with van der Waals surface area (Å²) in [4.78, 5) is 0.353. The van der Waals surface area contributed by atoms with E-state index in [0.29, 0.717) is 4.83 Å². The van der Waals surface area contributed by atoms with Crippen molar-refractivity contribution in [2.24, 2.45) is 0 Å². The second-order valence-electron chi connectivity index (χ2n) is 4.43. The molecular formula is C16H17BrO. The molecule has 0 aliphatic heterocycles. The van der Waals surface area contributed by atoms with E-state index in [1.807, 2.05) is 12.1 Å². The molecule has 2 aromatic carbocycles. The van der Waals surface area contributed by atoms with Crippen LogP contribution in [0.3, 0.4) is 0 Å². The van der Waals surface area contributed by atoms with Gasteiger partial charge in [-0.3, -0.25) is 0 Å². The maximum atomic E-state index is 5.16.